The summed E-state index contributed by atoms with van der Waals surface area (Å²) in [5.74, 6) is -2.63. The molecule has 1 saturated heterocycles. The number of nitrogens with two attached hydrogens (primary N) is 1. The van der Waals surface area contributed by atoms with Crippen LogP contribution in [0.25, 0.3) is 0 Å². The van der Waals surface area contributed by atoms with Crippen molar-refractivity contribution in [2.24, 2.45) is 5.73 Å². The monoisotopic (exact) mass is 727 g/mol. The number of nitrogens with one attached hydrogen (secondary N) is 2. The summed E-state index contributed by atoms with van der Waals surface area (Å²) in [7, 11) is 0. The van der Waals surface area contributed by atoms with Crippen LogP contribution in [0.4, 0.5) is 0 Å². The number of esters is 3. The van der Waals surface area contributed by atoms with Crippen molar-refractivity contribution in [1.82, 2.24) is 10.6 Å². The summed E-state index contributed by atoms with van der Waals surface area (Å²) in [4.78, 5) is 61.8. The molecule has 4 N–H and O–H groups in total. The van der Waals surface area contributed by atoms with Gasteiger partial charge >= 0.3 is 17.9 Å². The van der Waals surface area contributed by atoms with Gasteiger partial charge in [0.05, 0.1) is 12.6 Å². The minimum absolute atomic E-state index is 0.265. The molecule has 0 aliphatic carbocycles. The Morgan fingerprint density at radius 1 is 0.667 bits per heavy atom. The van der Waals surface area contributed by atoms with E-state index in [2.05, 4.69) is 24.5 Å². The van der Waals surface area contributed by atoms with E-state index >= 15 is 0 Å². The second-order valence-electron chi connectivity index (χ2n) is 13.7. The van der Waals surface area contributed by atoms with Gasteiger partial charge in [0, 0.05) is 33.7 Å². The fourth-order valence-electron chi connectivity index (χ4n) is 6.09. The zero-order valence-electron chi connectivity index (χ0n) is 32.2. The lowest BCUT2D eigenvalue weighted by Gasteiger charge is -2.43. The second kappa shape index (κ2) is 28.8. The third kappa shape index (κ3) is 22.0. The third-order valence-electron chi connectivity index (χ3n) is 8.91. The molecule has 1 fully saturated rings. The first-order chi connectivity index (χ1) is 24.5. The predicted octanol–water partition coefficient (Wildman–Crippen LogP) is 5.53. The summed E-state index contributed by atoms with van der Waals surface area (Å²) in [5.41, 5.74) is 6.42. The number of carbonyl (C=O) groups is 5. The third-order valence-corrected chi connectivity index (χ3v) is 8.91. The molecule has 51 heavy (non-hydrogen) atoms. The first kappa shape index (κ1) is 46.3. The first-order valence-corrected chi connectivity index (χ1v) is 19.6. The Kier molecular flexibility index (Phi) is 26.1. The van der Waals surface area contributed by atoms with Crippen LogP contribution in [0.15, 0.2) is 0 Å². The summed E-state index contributed by atoms with van der Waals surface area (Å²) in [6.45, 7) is 7.81. The summed E-state index contributed by atoms with van der Waals surface area (Å²) in [6, 6.07) is -2.19. The van der Waals surface area contributed by atoms with Crippen LogP contribution < -0.4 is 16.4 Å². The quantitative estimate of drug-likeness (QED) is 0.0500. The molecule has 1 aliphatic heterocycles. The van der Waals surface area contributed by atoms with Gasteiger partial charge in [0.2, 0.25) is 11.8 Å². The van der Waals surface area contributed by atoms with Crippen LogP contribution in [-0.2, 0) is 47.7 Å². The molecule has 13 heteroatoms. The fourth-order valence-corrected chi connectivity index (χ4v) is 6.09. The normalized spacial score (nSPS) is 20.6. The lowest BCUT2D eigenvalue weighted by atomic mass is 9.97. The maximum atomic E-state index is 13.4. The zero-order chi connectivity index (χ0) is 37.9. The number of rotatable bonds is 29. The molecule has 0 aromatic heterocycles. The van der Waals surface area contributed by atoms with E-state index < -0.39 is 60.5 Å². The smallest absolute Gasteiger partial charge is 0.303 e. The van der Waals surface area contributed by atoms with Gasteiger partial charge in [0.15, 0.2) is 18.5 Å². The van der Waals surface area contributed by atoms with Gasteiger partial charge in [-0.3, -0.25) is 24.0 Å². The van der Waals surface area contributed by atoms with Gasteiger partial charge in [-0.15, -0.1) is 0 Å². The minimum atomic E-state index is -1.26. The highest BCUT2D eigenvalue weighted by molar-refractivity contribution is 5.87. The summed E-state index contributed by atoms with van der Waals surface area (Å²) < 4.78 is 27.9. The maximum Gasteiger partial charge on any atom is 0.303 e. The van der Waals surface area contributed by atoms with Crippen molar-refractivity contribution in [3.8, 4) is 0 Å². The molecule has 2 amide bonds. The first-order valence-electron chi connectivity index (χ1n) is 19.6. The highest BCUT2D eigenvalue weighted by Crippen LogP contribution is 2.27. The van der Waals surface area contributed by atoms with Crippen molar-refractivity contribution < 1.29 is 47.7 Å². The highest BCUT2D eigenvalue weighted by atomic mass is 16.7. The summed E-state index contributed by atoms with van der Waals surface area (Å²) >= 11 is 0. The Morgan fingerprint density at radius 3 is 1.67 bits per heavy atom. The minimum Gasteiger partial charge on any atom is -0.463 e. The van der Waals surface area contributed by atoms with Crippen molar-refractivity contribution in [3.05, 3.63) is 0 Å². The van der Waals surface area contributed by atoms with Crippen molar-refractivity contribution in [2.45, 2.75) is 193 Å². The number of hydrogen-bond donors (Lipinski definition) is 3. The lowest BCUT2D eigenvalue weighted by Crippen LogP contribution is -2.65. The molecule has 0 aromatic carbocycles. The fraction of sp³-hybridized carbons (Fsp3) is 0.868. The maximum absolute atomic E-state index is 13.4. The molecule has 1 aliphatic rings. The van der Waals surface area contributed by atoms with E-state index in [0.29, 0.717) is 13.0 Å². The van der Waals surface area contributed by atoms with E-state index in [4.69, 9.17) is 29.4 Å². The average molecular weight is 728 g/mol. The Morgan fingerprint density at radius 2 is 1.16 bits per heavy atom. The van der Waals surface area contributed by atoms with Crippen LogP contribution in [0.1, 0.15) is 157 Å². The molecule has 0 spiro atoms. The van der Waals surface area contributed by atoms with E-state index in [0.717, 1.165) is 38.5 Å². The molecule has 0 aromatic rings. The molecule has 13 nitrogen and oxygen atoms in total. The van der Waals surface area contributed by atoms with Gasteiger partial charge in [-0.2, -0.15) is 0 Å². The standard InChI is InChI=1S/C38H69N3O10/c1-6-8-10-12-14-16-18-20-22-24-33(45)41-31(37(46)40-25-23-21-19-17-15-13-11-9-7-2)26-48-38-34(39)36(50-30(5)44)35(49-29(4)43)32(51-38)27-47-28(3)42/h31-32,34-36,38H,6-27,39H2,1-5H3,(H,40,46)(H,41,45)/t31-,32+,34+,35+,36+,38+/m0/s1. The largest absolute Gasteiger partial charge is 0.463 e. The Balaban J connectivity index is 2.86. The SMILES string of the molecule is CCCCCCCCCCCNC(=O)[C@H](CO[C@@H]1O[C@H](COC(C)=O)[C@@H](OC(C)=O)[C@H](OC(C)=O)[C@H]1N)NC(=O)CCCCCCCCCCC. The van der Waals surface area contributed by atoms with E-state index in [1.165, 1.54) is 91.4 Å². The Hall–Kier alpha value is -2.77. The van der Waals surface area contributed by atoms with E-state index in [-0.39, 0.29) is 25.5 Å². The highest BCUT2D eigenvalue weighted by Gasteiger charge is 2.49. The molecule has 296 valence electrons. The molecule has 6 atom stereocenters. The Labute approximate surface area is 306 Å². The topological polar surface area (TPSA) is 182 Å². The van der Waals surface area contributed by atoms with Crippen molar-refractivity contribution in [2.75, 3.05) is 19.8 Å². The number of ether oxygens (including phenoxy) is 5. The van der Waals surface area contributed by atoms with Crippen molar-refractivity contribution in [1.29, 1.82) is 0 Å². The van der Waals surface area contributed by atoms with Gasteiger partial charge in [-0.05, 0) is 12.8 Å². The molecule has 0 bridgehead atoms. The van der Waals surface area contributed by atoms with Crippen molar-refractivity contribution >= 4 is 29.7 Å². The van der Waals surface area contributed by atoms with Crippen LogP contribution in [-0.4, -0.2) is 86.2 Å². The van der Waals surface area contributed by atoms with Crippen LogP contribution in [0.2, 0.25) is 0 Å². The average Bonchev–Trinajstić information content (AvgIpc) is 3.07. The van der Waals surface area contributed by atoms with Gasteiger partial charge in [-0.1, -0.05) is 117 Å². The molecule has 0 unspecified atom stereocenters. The summed E-state index contributed by atoms with van der Waals surface area (Å²) in [5, 5.41) is 5.74. The number of unbranched alkanes of at least 4 members (excludes halogenated alkanes) is 16. The molecular weight excluding hydrogens is 658 g/mol. The van der Waals surface area contributed by atoms with Crippen LogP contribution in [0.5, 0.6) is 0 Å². The van der Waals surface area contributed by atoms with Crippen LogP contribution >= 0.6 is 0 Å². The molecule has 0 saturated carbocycles. The number of carbonyl (C=O) groups excluding carboxylic acids is 5. The van der Waals surface area contributed by atoms with Crippen LogP contribution in [0.3, 0.4) is 0 Å². The molecular formula is C38H69N3O10. The van der Waals surface area contributed by atoms with Crippen LogP contribution in [0, 0.1) is 0 Å². The van der Waals surface area contributed by atoms with Gasteiger partial charge in [-0.25, -0.2) is 0 Å². The lowest BCUT2D eigenvalue weighted by molar-refractivity contribution is -0.274. The number of amides is 2. The van der Waals surface area contributed by atoms with Gasteiger partial charge in [0.1, 0.15) is 18.8 Å². The zero-order valence-corrected chi connectivity index (χ0v) is 32.2. The van der Waals surface area contributed by atoms with E-state index in [1.54, 1.807) is 0 Å². The second-order valence-corrected chi connectivity index (χ2v) is 13.7. The molecule has 1 heterocycles. The van der Waals surface area contributed by atoms with Gasteiger partial charge in [0.25, 0.3) is 0 Å². The Bertz CT molecular complexity index is 997. The summed E-state index contributed by atoms with van der Waals surface area (Å²) in [6.07, 6.45) is 16.0. The predicted molar refractivity (Wildman–Crippen MR) is 194 cm³/mol. The van der Waals surface area contributed by atoms with Crippen molar-refractivity contribution in [3.63, 3.8) is 0 Å². The van der Waals surface area contributed by atoms with E-state index in [1.807, 2.05) is 0 Å². The van der Waals surface area contributed by atoms with E-state index in [9.17, 15) is 24.0 Å². The number of hydrogen-bond acceptors (Lipinski definition) is 11. The van der Waals surface area contributed by atoms with Gasteiger partial charge < -0.3 is 40.1 Å². The molecule has 1 rings (SSSR count). The molecule has 0 radical (unpaired) electrons.